The molecule has 0 aliphatic rings. The second-order valence-electron chi connectivity index (χ2n) is 4.52. The first-order valence-electron chi connectivity index (χ1n) is 6.28. The molecule has 2 aromatic carbocycles. The van der Waals surface area contributed by atoms with E-state index in [1.165, 1.54) is 43.5 Å². The van der Waals surface area contributed by atoms with E-state index < -0.39 is 12.4 Å². The number of nitrogens with two attached hydrogens (primary N) is 1. The number of hydrogen-bond acceptors (Lipinski definition) is 4. The maximum Gasteiger partial charge on any atom is 0.573 e. The number of hydrogen-bond donors (Lipinski definition) is 2. The predicted molar refractivity (Wildman–Crippen MR) is 73.8 cm³/mol. The van der Waals surface area contributed by atoms with Gasteiger partial charge in [-0.1, -0.05) is 12.1 Å². The van der Waals surface area contributed by atoms with Gasteiger partial charge in [0.15, 0.2) is 0 Å². The average molecular weight is 313 g/mol. The molecule has 0 unspecified atom stereocenters. The highest BCUT2D eigenvalue weighted by molar-refractivity contribution is 5.46. The molecule has 118 valence electrons. The van der Waals surface area contributed by atoms with Gasteiger partial charge in [0.1, 0.15) is 17.2 Å². The number of phenolic OH excluding ortho intramolecular Hbond substituents is 1. The van der Waals surface area contributed by atoms with Gasteiger partial charge >= 0.3 is 6.36 Å². The van der Waals surface area contributed by atoms with Gasteiger partial charge in [-0.05, 0) is 29.8 Å². The number of ether oxygens (including phenoxy) is 2. The van der Waals surface area contributed by atoms with Crippen LogP contribution in [0.5, 0.6) is 17.2 Å². The summed E-state index contributed by atoms with van der Waals surface area (Å²) in [6, 6.07) is 9.12. The van der Waals surface area contributed by atoms with Crippen LogP contribution in [0.2, 0.25) is 0 Å². The van der Waals surface area contributed by atoms with Crippen LogP contribution in [0.3, 0.4) is 0 Å². The van der Waals surface area contributed by atoms with Gasteiger partial charge < -0.3 is 20.3 Å². The van der Waals surface area contributed by atoms with Gasteiger partial charge in [0.2, 0.25) is 0 Å². The number of methoxy groups -OCH3 is 1. The summed E-state index contributed by atoms with van der Waals surface area (Å²) in [5.74, 6) is 0.103. The van der Waals surface area contributed by atoms with E-state index in [1.54, 1.807) is 6.07 Å². The summed E-state index contributed by atoms with van der Waals surface area (Å²) in [5.41, 5.74) is 7.28. The fourth-order valence-corrected chi connectivity index (χ4v) is 2.01. The molecule has 0 spiro atoms. The zero-order valence-electron chi connectivity index (χ0n) is 11.6. The Hall–Kier alpha value is -2.41. The summed E-state index contributed by atoms with van der Waals surface area (Å²) in [6.45, 7) is 0. The number of aromatic hydroxyl groups is 1. The van der Waals surface area contributed by atoms with Crippen LogP contribution in [-0.2, 0) is 0 Å². The van der Waals surface area contributed by atoms with Gasteiger partial charge in [-0.25, -0.2) is 0 Å². The first-order chi connectivity index (χ1) is 10.3. The van der Waals surface area contributed by atoms with Crippen molar-refractivity contribution in [2.45, 2.75) is 12.4 Å². The molecule has 3 N–H and O–H groups in total. The second-order valence-corrected chi connectivity index (χ2v) is 4.52. The minimum absolute atomic E-state index is 0.0294. The molecular formula is C15H14F3NO3. The zero-order chi connectivity index (χ0) is 16.3. The van der Waals surface area contributed by atoms with E-state index in [0.29, 0.717) is 16.9 Å². The van der Waals surface area contributed by atoms with Crippen LogP contribution in [0.15, 0.2) is 42.5 Å². The largest absolute Gasteiger partial charge is 0.573 e. The zero-order valence-corrected chi connectivity index (χ0v) is 11.6. The Morgan fingerprint density at radius 2 is 1.73 bits per heavy atom. The molecule has 1 atom stereocenters. The van der Waals surface area contributed by atoms with Crippen LogP contribution in [-0.4, -0.2) is 18.6 Å². The summed E-state index contributed by atoms with van der Waals surface area (Å²) in [6.07, 6.45) is -4.73. The van der Waals surface area contributed by atoms with Crippen LogP contribution in [0.1, 0.15) is 17.2 Å². The Morgan fingerprint density at radius 1 is 1.09 bits per heavy atom. The van der Waals surface area contributed by atoms with Crippen LogP contribution < -0.4 is 15.2 Å². The van der Waals surface area contributed by atoms with E-state index in [0.717, 1.165) is 0 Å². The monoisotopic (exact) mass is 313 g/mol. The maximum atomic E-state index is 12.1. The van der Waals surface area contributed by atoms with E-state index in [1.807, 2.05) is 0 Å². The molecule has 0 radical (unpaired) electrons. The summed E-state index contributed by atoms with van der Waals surface area (Å²) in [7, 11) is 1.44. The average Bonchev–Trinajstić information content (AvgIpc) is 2.45. The molecule has 22 heavy (non-hydrogen) atoms. The number of rotatable bonds is 4. The standard InChI is InChI=1S/C15H14F3NO3/c1-21-13-8-10(20)4-7-12(13)14(19)9-2-5-11(6-3-9)22-15(16,17)18/h2-8,14,20H,19H2,1H3/t14-/m0/s1. The molecule has 0 aromatic heterocycles. The Balaban J connectivity index is 2.25. The van der Waals surface area contributed by atoms with Crippen LogP contribution >= 0.6 is 0 Å². The van der Waals surface area contributed by atoms with Gasteiger partial charge in [0.25, 0.3) is 0 Å². The van der Waals surface area contributed by atoms with Crippen molar-refractivity contribution < 1.29 is 27.8 Å². The molecule has 0 bridgehead atoms. The topological polar surface area (TPSA) is 64.7 Å². The quantitative estimate of drug-likeness (QED) is 0.908. The van der Waals surface area contributed by atoms with Crippen LogP contribution in [0.25, 0.3) is 0 Å². The lowest BCUT2D eigenvalue weighted by atomic mass is 9.98. The summed E-state index contributed by atoms with van der Waals surface area (Å²) in [4.78, 5) is 0. The van der Waals surface area contributed by atoms with E-state index in [-0.39, 0.29) is 11.5 Å². The van der Waals surface area contributed by atoms with Crippen molar-refractivity contribution in [3.63, 3.8) is 0 Å². The minimum atomic E-state index is -4.73. The summed E-state index contributed by atoms with van der Waals surface area (Å²) >= 11 is 0. The fourth-order valence-electron chi connectivity index (χ4n) is 2.01. The van der Waals surface area contributed by atoms with E-state index in [4.69, 9.17) is 10.5 Å². The molecule has 2 aromatic rings. The first-order valence-corrected chi connectivity index (χ1v) is 6.28. The molecule has 0 aliphatic carbocycles. The lowest BCUT2D eigenvalue weighted by Crippen LogP contribution is -2.17. The molecule has 0 heterocycles. The predicted octanol–water partition coefficient (Wildman–Crippen LogP) is 3.35. The third-order valence-corrected chi connectivity index (χ3v) is 3.02. The summed E-state index contributed by atoms with van der Waals surface area (Å²) in [5, 5.41) is 9.42. The smallest absolute Gasteiger partial charge is 0.508 e. The van der Waals surface area contributed by atoms with Gasteiger partial charge in [-0.15, -0.1) is 13.2 Å². The second kappa shape index (κ2) is 6.15. The third kappa shape index (κ3) is 3.82. The molecule has 0 fully saturated rings. The number of alkyl halides is 3. The molecule has 0 saturated carbocycles. The molecule has 4 nitrogen and oxygen atoms in total. The van der Waals surface area contributed by atoms with E-state index >= 15 is 0 Å². The van der Waals surface area contributed by atoms with Crippen molar-refractivity contribution in [2.24, 2.45) is 5.73 Å². The molecular weight excluding hydrogens is 299 g/mol. The van der Waals surface area contributed by atoms with Crippen LogP contribution in [0, 0.1) is 0 Å². The SMILES string of the molecule is COc1cc(O)ccc1[C@@H](N)c1ccc(OC(F)(F)F)cc1. The molecule has 0 amide bonds. The maximum absolute atomic E-state index is 12.1. The number of halogens is 3. The lowest BCUT2D eigenvalue weighted by Gasteiger charge is -2.17. The number of benzene rings is 2. The highest BCUT2D eigenvalue weighted by Crippen LogP contribution is 2.32. The minimum Gasteiger partial charge on any atom is -0.508 e. The van der Waals surface area contributed by atoms with Crippen molar-refractivity contribution in [3.8, 4) is 17.2 Å². The van der Waals surface area contributed by atoms with E-state index in [2.05, 4.69) is 4.74 Å². The third-order valence-electron chi connectivity index (χ3n) is 3.02. The lowest BCUT2D eigenvalue weighted by molar-refractivity contribution is -0.274. The van der Waals surface area contributed by atoms with Gasteiger partial charge in [0.05, 0.1) is 13.2 Å². The molecule has 7 heteroatoms. The Kier molecular flexibility index (Phi) is 4.46. The molecule has 2 rings (SSSR count). The van der Waals surface area contributed by atoms with Gasteiger partial charge in [0, 0.05) is 11.6 Å². The van der Waals surface area contributed by atoms with Crippen molar-refractivity contribution in [1.29, 1.82) is 0 Å². The Bertz CT molecular complexity index is 641. The highest BCUT2D eigenvalue weighted by Gasteiger charge is 2.31. The van der Waals surface area contributed by atoms with Crippen molar-refractivity contribution in [3.05, 3.63) is 53.6 Å². The van der Waals surface area contributed by atoms with Gasteiger partial charge in [-0.2, -0.15) is 0 Å². The Morgan fingerprint density at radius 3 is 2.27 bits per heavy atom. The van der Waals surface area contributed by atoms with Crippen LogP contribution in [0.4, 0.5) is 13.2 Å². The molecule has 0 aliphatic heterocycles. The Labute approximate surface area is 124 Å². The van der Waals surface area contributed by atoms with E-state index in [9.17, 15) is 18.3 Å². The fraction of sp³-hybridized carbons (Fsp3) is 0.200. The number of phenols is 1. The molecule has 0 saturated heterocycles. The normalized spacial score (nSPS) is 12.8. The van der Waals surface area contributed by atoms with Crippen molar-refractivity contribution >= 4 is 0 Å². The van der Waals surface area contributed by atoms with Crippen molar-refractivity contribution in [2.75, 3.05) is 7.11 Å². The highest BCUT2D eigenvalue weighted by atomic mass is 19.4. The van der Waals surface area contributed by atoms with Crippen molar-refractivity contribution in [1.82, 2.24) is 0 Å². The van der Waals surface area contributed by atoms with Gasteiger partial charge in [-0.3, -0.25) is 0 Å². The summed E-state index contributed by atoms with van der Waals surface area (Å²) < 4.78 is 45.3. The first kappa shape index (κ1) is 16.0.